The fourth-order valence-electron chi connectivity index (χ4n) is 2.47. The van der Waals surface area contributed by atoms with Crippen LogP contribution in [0, 0.1) is 11.7 Å². The van der Waals surface area contributed by atoms with Crippen LogP contribution in [0.15, 0.2) is 22.7 Å². The summed E-state index contributed by atoms with van der Waals surface area (Å²) in [6.07, 6.45) is 1.46. The molecule has 0 bridgehead atoms. The first kappa shape index (κ1) is 15.9. The summed E-state index contributed by atoms with van der Waals surface area (Å²) >= 11 is 3.18. The molecular formula is C15H17BrFNO3. The van der Waals surface area contributed by atoms with Crippen molar-refractivity contribution >= 4 is 27.8 Å². The van der Waals surface area contributed by atoms with Crippen LogP contribution in [0.5, 0.6) is 0 Å². The molecule has 6 heteroatoms. The Morgan fingerprint density at radius 2 is 2.19 bits per heavy atom. The van der Waals surface area contributed by atoms with Gasteiger partial charge in [0.05, 0.1) is 12.5 Å². The number of rotatable bonds is 3. The maximum Gasteiger partial charge on any atom is 0.310 e. The number of carbonyl (C=O) groups excluding carboxylic acids is 2. The molecule has 1 unspecified atom stereocenters. The van der Waals surface area contributed by atoms with Crippen LogP contribution in [0.4, 0.5) is 4.39 Å². The number of ether oxygens (including phenoxy) is 1. The number of halogens is 2. The first-order valence-electron chi connectivity index (χ1n) is 6.93. The Labute approximate surface area is 131 Å². The Morgan fingerprint density at radius 3 is 2.86 bits per heavy atom. The first-order chi connectivity index (χ1) is 10.0. The van der Waals surface area contributed by atoms with E-state index in [9.17, 15) is 14.0 Å². The largest absolute Gasteiger partial charge is 0.466 e. The molecule has 1 aliphatic heterocycles. The Hall–Kier alpha value is -1.43. The van der Waals surface area contributed by atoms with Crippen LogP contribution in [0.25, 0.3) is 0 Å². The molecule has 21 heavy (non-hydrogen) atoms. The summed E-state index contributed by atoms with van der Waals surface area (Å²) in [5.74, 6) is -1.29. The number of piperidine rings is 1. The molecule has 1 heterocycles. The van der Waals surface area contributed by atoms with Crippen LogP contribution in [0.1, 0.15) is 30.1 Å². The van der Waals surface area contributed by atoms with Crippen LogP contribution in [-0.4, -0.2) is 36.5 Å². The van der Waals surface area contributed by atoms with Crippen molar-refractivity contribution in [3.8, 4) is 0 Å². The van der Waals surface area contributed by atoms with E-state index in [1.807, 2.05) is 0 Å². The van der Waals surface area contributed by atoms with E-state index in [-0.39, 0.29) is 23.4 Å². The van der Waals surface area contributed by atoms with Crippen LogP contribution in [0.3, 0.4) is 0 Å². The lowest BCUT2D eigenvalue weighted by atomic mass is 9.97. The normalized spacial score (nSPS) is 18.4. The SMILES string of the molecule is CCOC(=O)C1CCCN(C(=O)c2cc(F)cc(Br)c2)C1. The zero-order valence-corrected chi connectivity index (χ0v) is 13.4. The van der Waals surface area contributed by atoms with Crippen molar-refractivity contribution in [1.29, 1.82) is 0 Å². The van der Waals surface area contributed by atoms with Crippen molar-refractivity contribution in [3.05, 3.63) is 34.1 Å². The van der Waals surface area contributed by atoms with Crippen molar-refractivity contribution in [2.75, 3.05) is 19.7 Å². The molecule has 4 nitrogen and oxygen atoms in total. The summed E-state index contributed by atoms with van der Waals surface area (Å²) in [4.78, 5) is 25.8. The van der Waals surface area contributed by atoms with Gasteiger partial charge in [-0.05, 0) is 38.0 Å². The van der Waals surface area contributed by atoms with Gasteiger partial charge in [0.1, 0.15) is 5.82 Å². The molecule has 1 fully saturated rings. The van der Waals surface area contributed by atoms with Gasteiger partial charge in [0.2, 0.25) is 0 Å². The molecule has 1 amide bonds. The van der Waals surface area contributed by atoms with Gasteiger partial charge < -0.3 is 9.64 Å². The minimum Gasteiger partial charge on any atom is -0.466 e. The number of esters is 1. The van der Waals surface area contributed by atoms with E-state index < -0.39 is 5.82 Å². The maximum absolute atomic E-state index is 13.4. The monoisotopic (exact) mass is 357 g/mol. The Morgan fingerprint density at radius 1 is 1.43 bits per heavy atom. The van der Waals surface area contributed by atoms with Gasteiger partial charge >= 0.3 is 5.97 Å². The fraction of sp³-hybridized carbons (Fsp3) is 0.467. The summed E-state index contributed by atoms with van der Waals surface area (Å²) in [5, 5.41) is 0. The standard InChI is InChI=1S/C15H17BrFNO3/c1-2-21-15(20)10-4-3-5-18(9-10)14(19)11-6-12(16)8-13(17)7-11/h6-8,10H,2-5,9H2,1H3. The number of likely N-dealkylation sites (tertiary alicyclic amines) is 1. The second-order valence-corrected chi connectivity index (χ2v) is 5.92. The summed E-state index contributed by atoms with van der Waals surface area (Å²) in [6, 6.07) is 4.09. The summed E-state index contributed by atoms with van der Waals surface area (Å²) in [6.45, 7) is 2.99. The predicted octanol–water partition coefficient (Wildman–Crippen LogP) is 3.00. The van der Waals surface area contributed by atoms with Gasteiger partial charge in [0, 0.05) is 23.1 Å². The predicted molar refractivity (Wildman–Crippen MR) is 79.4 cm³/mol. The molecule has 0 N–H and O–H groups in total. The van der Waals surface area contributed by atoms with E-state index in [1.54, 1.807) is 17.9 Å². The first-order valence-corrected chi connectivity index (χ1v) is 7.72. The van der Waals surface area contributed by atoms with Crippen molar-refractivity contribution in [2.24, 2.45) is 5.92 Å². The zero-order chi connectivity index (χ0) is 15.4. The average molecular weight is 358 g/mol. The summed E-state index contributed by atoms with van der Waals surface area (Å²) in [5.41, 5.74) is 0.284. The maximum atomic E-state index is 13.4. The number of benzene rings is 1. The molecule has 1 saturated heterocycles. The van der Waals surface area contributed by atoms with Gasteiger partial charge in [-0.2, -0.15) is 0 Å². The quantitative estimate of drug-likeness (QED) is 0.781. The lowest BCUT2D eigenvalue weighted by Crippen LogP contribution is -2.42. The highest BCUT2D eigenvalue weighted by Gasteiger charge is 2.29. The molecule has 0 spiro atoms. The smallest absolute Gasteiger partial charge is 0.310 e. The van der Waals surface area contributed by atoms with Gasteiger partial charge in [-0.1, -0.05) is 15.9 Å². The van der Waals surface area contributed by atoms with Crippen molar-refractivity contribution in [1.82, 2.24) is 4.90 Å². The molecule has 0 aromatic heterocycles. The second kappa shape index (κ2) is 7.02. The molecule has 1 atom stereocenters. The van der Waals surface area contributed by atoms with E-state index in [4.69, 9.17) is 4.74 Å². The number of hydrogen-bond donors (Lipinski definition) is 0. The Kier molecular flexibility index (Phi) is 5.33. The molecule has 114 valence electrons. The van der Waals surface area contributed by atoms with Crippen LogP contribution in [-0.2, 0) is 9.53 Å². The van der Waals surface area contributed by atoms with Gasteiger partial charge in [-0.25, -0.2) is 4.39 Å². The summed E-state index contributed by atoms with van der Waals surface area (Å²) < 4.78 is 18.9. The van der Waals surface area contributed by atoms with E-state index >= 15 is 0 Å². The zero-order valence-electron chi connectivity index (χ0n) is 11.8. The highest BCUT2D eigenvalue weighted by molar-refractivity contribution is 9.10. The lowest BCUT2D eigenvalue weighted by molar-refractivity contribution is -0.149. The van der Waals surface area contributed by atoms with E-state index in [0.717, 1.165) is 12.8 Å². The Bertz CT molecular complexity index is 529. The third-order valence-electron chi connectivity index (χ3n) is 3.44. The second-order valence-electron chi connectivity index (χ2n) is 5.00. The van der Waals surface area contributed by atoms with Crippen LogP contribution >= 0.6 is 15.9 Å². The van der Waals surface area contributed by atoms with Crippen molar-refractivity contribution in [2.45, 2.75) is 19.8 Å². The topological polar surface area (TPSA) is 46.6 Å². The molecule has 2 rings (SSSR count). The molecule has 1 aromatic rings. The molecule has 1 aliphatic rings. The van der Waals surface area contributed by atoms with Gasteiger partial charge in [-0.3, -0.25) is 9.59 Å². The number of hydrogen-bond acceptors (Lipinski definition) is 3. The highest BCUT2D eigenvalue weighted by Crippen LogP contribution is 2.22. The third-order valence-corrected chi connectivity index (χ3v) is 3.90. The van der Waals surface area contributed by atoms with E-state index in [1.165, 1.54) is 12.1 Å². The minimum absolute atomic E-state index is 0.260. The number of nitrogens with zero attached hydrogens (tertiary/aromatic N) is 1. The van der Waals surface area contributed by atoms with Gasteiger partial charge in [0.25, 0.3) is 5.91 Å². The number of amides is 1. The molecule has 0 radical (unpaired) electrons. The molecular weight excluding hydrogens is 341 g/mol. The third kappa shape index (κ3) is 4.03. The van der Waals surface area contributed by atoms with Gasteiger partial charge in [-0.15, -0.1) is 0 Å². The Balaban J connectivity index is 2.10. The van der Waals surface area contributed by atoms with Crippen molar-refractivity contribution < 1.29 is 18.7 Å². The highest BCUT2D eigenvalue weighted by atomic mass is 79.9. The molecule has 0 aliphatic carbocycles. The summed E-state index contributed by atoms with van der Waals surface area (Å²) in [7, 11) is 0. The molecule has 1 aromatic carbocycles. The minimum atomic E-state index is -0.466. The molecule has 0 saturated carbocycles. The van der Waals surface area contributed by atoms with E-state index in [2.05, 4.69) is 15.9 Å². The lowest BCUT2D eigenvalue weighted by Gasteiger charge is -2.31. The average Bonchev–Trinajstić information content (AvgIpc) is 2.46. The van der Waals surface area contributed by atoms with E-state index in [0.29, 0.717) is 24.2 Å². The fourth-order valence-corrected chi connectivity index (χ4v) is 2.94. The van der Waals surface area contributed by atoms with Crippen LogP contribution in [0.2, 0.25) is 0 Å². The van der Waals surface area contributed by atoms with Crippen molar-refractivity contribution in [3.63, 3.8) is 0 Å². The van der Waals surface area contributed by atoms with Gasteiger partial charge in [0.15, 0.2) is 0 Å². The van der Waals surface area contributed by atoms with Crippen LogP contribution < -0.4 is 0 Å². The number of carbonyl (C=O) groups is 2.